The number of non-ortho nitro benzene ring substituents is 1. The SMILES string of the molecule is Cc1cc([N+](=O)[O-])cc(Cl)c1NCCc1cscn1. The Balaban J connectivity index is 2.06. The second-order valence-electron chi connectivity index (χ2n) is 4.03. The molecule has 0 fully saturated rings. The van der Waals surface area contributed by atoms with Crippen molar-refractivity contribution in [2.75, 3.05) is 11.9 Å². The van der Waals surface area contributed by atoms with Crippen LogP contribution in [-0.4, -0.2) is 16.5 Å². The Hall–Kier alpha value is -1.66. The summed E-state index contributed by atoms with van der Waals surface area (Å²) < 4.78 is 0. The lowest BCUT2D eigenvalue weighted by Gasteiger charge is -2.10. The van der Waals surface area contributed by atoms with Crippen LogP contribution in [0.1, 0.15) is 11.3 Å². The van der Waals surface area contributed by atoms with E-state index in [0.717, 1.165) is 23.4 Å². The Kier molecular flexibility index (Phi) is 4.34. The molecule has 0 bridgehead atoms. The number of rotatable bonds is 5. The average Bonchev–Trinajstić information content (AvgIpc) is 2.85. The smallest absolute Gasteiger partial charge is 0.271 e. The molecule has 100 valence electrons. The third-order valence-electron chi connectivity index (χ3n) is 2.65. The molecule has 0 spiro atoms. The largest absolute Gasteiger partial charge is 0.383 e. The molecule has 1 aromatic carbocycles. The third kappa shape index (κ3) is 3.42. The van der Waals surface area contributed by atoms with Gasteiger partial charge in [0.15, 0.2) is 0 Å². The van der Waals surface area contributed by atoms with Crippen molar-refractivity contribution in [2.24, 2.45) is 0 Å². The Labute approximate surface area is 119 Å². The molecule has 0 radical (unpaired) electrons. The highest BCUT2D eigenvalue weighted by Crippen LogP contribution is 2.30. The number of nitro groups is 1. The van der Waals surface area contributed by atoms with E-state index in [2.05, 4.69) is 10.3 Å². The average molecular weight is 298 g/mol. The standard InChI is InChI=1S/C12H12ClN3O2S/c1-8-4-10(16(17)18)5-11(13)12(8)14-3-2-9-6-19-7-15-9/h4-7,14H,2-3H2,1H3. The van der Waals surface area contributed by atoms with Crippen LogP contribution in [0.25, 0.3) is 0 Å². The van der Waals surface area contributed by atoms with Gasteiger partial charge in [-0.3, -0.25) is 10.1 Å². The molecule has 0 saturated carbocycles. The number of thiazole rings is 1. The molecule has 0 unspecified atom stereocenters. The van der Waals surface area contributed by atoms with Gasteiger partial charge in [0, 0.05) is 30.5 Å². The summed E-state index contributed by atoms with van der Waals surface area (Å²) in [6.07, 6.45) is 0.788. The van der Waals surface area contributed by atoms with Gasteiger partial charge >= 0.3 is 0 Å². The van der Waals surface area contributed by atoms with E-state index >= 15 is 0 Å². The van der Waals surface area contributed by atoms with Gasteiger partial charge in [-0.2, -0.15) is 0 Å². The number of nitro benzene ring substituents is 1. The number of aryl methyl sites for hydroxylation is 1. The molecule has 2 rings (SSSR count). The first-order chi connectivity index (χ1) is 9.08. The molecule has 0 atom stereocenters. The normalized spacial score (nSPS) is 10.4. The number of hydrogen-bond donors (Lipinski definition) is 1. The number of nitrogens with one attached hydrogen (secondary N) is 1. The summed E-state index contributed by atoms with van der Waals surface area (Å²) in [5.74, 6) is 0. The molecule has 5 nitrogen and oxygen atoms in total. The summed E-state index contributed by atoms with van der Waals surface area (Å²) in [6.45, 7) is 2.48. The van der Waals surface area contributed by atoms with E-state index in [4.69, 9.17) is 11.6 Å². The van der Waals surface area contributed by atoms with Gasteiger partial charge in [0.25, 0.3) is 5.69 Å². The van der Waals surface area contributed by atoms with Gasteiger partial charge in [0.05, 0.1) is 26.8 Å². The van der Waals surface area contributed by atoms with Crippen LogP contribution in [0.4, 0.5) is 11.4 Å². The van der Waals surface area contributed by atoms with Gasteiger partial charge in [0.1, 0.15) is 0 Å². The van der Waals surface area contributed by atoms with Crippen molar-refractivity contribution >= 4 is 34.3 Å². The molecular formula is C12H12ClN3O2S. The molecule has 0 saturated heterocycles. The minimum atomic E-state index is -0.446. The van der Waals surface area contributed by atoms with Gasteiger partial charge in [-0.15, -0.1) is 11.3 Å². The van der Waals surface area contributed by atoms with Crippen LogP contribution in [-0.2, 0) is 6.42 Å². The summed E-state index contributed by atoms with van der Waals surface area (Å²) in [7, 11) is 0. The predicted octanol–water partition coefficient (Wildman–Crippen LogP) is 3.67. The number of nitrogens with zero attached hydrogens (tertiary/aromatic N) is 2. The number of aromatic nitrogens is 1. The highest BCUT2D eigenvalue weighted by molar-refractivity contribution is 7.07. The fourth-order valence-electron chi connectivity index (χ4n) is 1.73. The first-order valence-electron chi connectivity index (χ1n) is 5.63. The zero-order valence-corrected chi connectivity index (χ0v) is 11.8. The van der Waals surface area contributed by atoms with E-state index in [9.17, 15) is 10.1 Å². The fraction of sp³-hybridized carbons (Fsp3) is 0.250. The predicted molar refractivity (Wildman–Crippen MR) is 77.2 cm³/mol. The van der Waals surface area contributed by atoms with Crippen LogP contribution in [0.15, 0.2) is 23.0 Å². The highest BCUT2D eigenvalue weighted by atomic mass is 35.5. The zero-order valence-electron chi connectivity index (χ0n) is 10.2. The highest BCUT2D eigenvalue weighted by Gasteiger charge is 2.12. The van der Waals surface area contributed by atoms with Crippen molar-refractivity contribution in [3.63, 3.8) is 0 Å². The summed E-state index contributed by atoms with van der Waals surface area (Å²) in [4.78, 5) is 14.4. The van der Waals surface area contributed by atoms with Crippen molar-refractivity contribution < 1.29 is 4.92 Å². The van der Waals surface area contributed by atoms with Crippen LogP contribution < -0.4 is 5.32 Å². The Morgan fingerprint density at radius 2 is 2.32 bits per heavy atom. The van der Waals surface area contributed by atoms with Crippen molar-refractivity contribution in [3.8, 4) is 0 Å². The molecule has 1 heterocycles. The minimum Gasteiger partial charge on any atom is -0.383 e. The van der Waals surface area contributed by atoms with Gasteiger partial charge in [-0.25, -0.2) is 4.98 Å². The summed E-state index contributed by atoms with van der Waals surface area (Å²) in [6, 6.07) is 2.87. The number of anilines is 1. The minimum absolute atomic E-state index is 0.00699. The van der Waals surface area contributed by atoms with Gasteiger partial charge in [-0.1, -0.05) is 11.6 Å². The van der Waals surface area contributed by atoms with Crippen LogP contribution in [0.3, 0.4) is 0 Å². The zero-order chi connectivity index (χ0) is 13.8. The number of halogens is 1. The lowest BCUT2D eigenvalue weighted by atomic mass is 10.1. The van der Waals surface area contributed by atoms with E-state index in [1.165, 1.54) is 12.1 Å². The monoisotopic (exact) mass is 297 g/mol. The maximum atomic E-state index is 10.7. The maximum Gasteiger partial charge on any atom is 0.271 e. The molecule has 19 heavy (non-hydrogen) atoms. The van der Waals surface area contributed by atoms with Crippen molar-refractivity contribution in [1.29, 1.82) is 0 Å². The Bertz CT molecular complexity index is 564. The lowest BCUT2D eigenvalue weighted by molar-refractivity contribution is -0.384. The summed E-state index contributed by atoms with van der Waals surface area (Å²) in [5.41, 5.74) is 4.32. The number of hydrogen-bond acceptors (Lipinski definition) is 5. The molecule has 1 N–H and O–H groups in total. The second kappa shape index (κ2) is 5.99. The van der Waals surface area contributed by atoms with Crippen LogP contribution in [0.5, 0.6) is 0 Å². The molecular weight excluding hydrogens is 286 g/mol. The topological polar surface area (TPSA) is 68.1 Å². The molecule has 0 aliphatic heterocycles. The lowest BCUT2D eigenvalue weighted by Crippen LogP contribution is -2.07. The van der Waals surface area contributed by atoms with E-state index in [1.807, 2.05) is 5.38 Å². The Morgan fingerprint density at radius 1 is 1.53 bits per heavy atom. The second-order valence-corrected chi connectivity index (χ2v) is 5.16. The van der Waals surface area contributed by atoms with Crippen LogP contribution >= 0.6 is 22.9 Å². The summed E-state index contributed by atoms with van der Waals surface area (Å²) in [5, 5.41) is 16.3. The van der Waals surface area contributed by atoms with Gasteiger partial charge < -0.3 is 5.32 Å². The van der Waals surface area contributed by atoms with E-state index in [-0.39, 0.29) is 5.69 Å². The Morgan fingerprint density at radius 3 is 2.89 bits per heavy atom. The molecule has 0 aliphatic rings. The first kappa shape index (κ1) is 13.8. The van der Waals surface area contributed by atoms with Gasteiger partial charge in [-0.05, 0) is 12.5 Å². The van der Waals surface area contributed by atoms with Crippen molar-refractivity contribution in [2.45, 2.75) is 13.3 Å². The van der Waals surface area contributed by atoms with E-state index < -0.39 is 4.92 Å². The third-order valence-corrected chi connectivity index (χ3v) is 3.58. The van der Waals surface area contributed by atoms with Gasteiger partial charge in [0.2, 0.25) is 0 Å². The quantitative estimate of drug-likeness (QED) is 0.675. The van der Waals surface area contributed by atoms with E-state index in [0.29, 0.717) is 11.6 Å². The molecule has 0 aliphatic carbocycles. The molecule has 7 heteroatoms. The maximum absolute atomic E-state index is 10.7. The first-order valence-corrected chi connectivity index (χ1v) is 6.95. The molecule has 1 aromatic heterocycles. The van der Waals surface area contributed by atoms with Crippen LogP contribution in [0.2, 0.25) is 5.02 Å². The van der Waals surface area contributed by atoms with Crippen molar-refractivity contribution in [1.82, 2.24) is 4.98 Å². The van der Waals surface area contributed by atoms with E-state index in [1.54, 1.807) is 23.8 Å². The molecule has 0 amide bonds. The van der Waals surface area contributed by atoms with Crippen LogP contribution in [0, 0.1) is 17.0 Å². The fourth-order valence-corrected chi connectivity index (χ4v) is 2.65. The number of benzene rings is 1. The molecule has 2 aromatic rings. The van der Waals surface area contributed by atoms with Crippen molar-refractivity contribution in [3.05, 3.63) is 49.4 Å². The summed E-state index contributed by atoms with van der Waals surface area (Å²) >= 11 is 7.62.